The van der Waals surface area contributed by atoms with E-state index in [-0.39, 0.29) is 36.7 Å². The quantitative estimate of drug-likeness (QED) is 0.614. The first-order chi connectivity index (χ1) is 11.1. The number of aliphatic hydroxyl groups excluding tert-OH is 2. The molecule has 0 aliphatic carbocycles. The summed E-state index contributed by atoms with van der Waals surface area (Å²) in [6.07, 6.45) is 1.02. The van der Waals surface area contributed by atoms with Gasteiger partial charge in [0, 0.05) is 6.42 Å². The molecule has 0 aromatic heterocycles. The predicted molar refractivity (Wildman–Crippen MR) is 95.2 cm³/mol. The van der Waals surface area contributed by atoms with E-state index in [1.54, 1.807) is 6.92 Å². The Morgan fingerprint density at radius 3 is 2.21 bits per heavy atom. The van der Waals surface area contributed by atoms with Crippen LogP contribution in [-0.4, -0.2) is 40.0 Å². The Balaban J connectivity index is 2.88. The molecule has 0 bridgehead atoms. The Hall–Kier alpha value is -1.59. The van der Waals surface area contributed by atoms with Gasteiger partial charge in [-0.25, -0.2) is 0 Å². The molecule has 0 atom stereocenters. The maximum absolute atomic E-state index is 12.2. The second-order valence-corrected chi connectivity index (χ2v) is 7.57. The zero-order chi connectivity index (χ0) is 18.5. The van der Waals surface area contributed by atoms with Crippen molar-refractivity contribution in [2.45, 2.75) is 64.8 Å². The van der Waals surface area contributed by atoms with E-state index < -0.39 is 5.54 Å². The second kappa shape index (κ2) is 7.99. The average molecular weight is 337 g/mol. The fraction of sp³-hybridized carbons (Fsp3) is 0.632. The van der Waals surface area contributed by atoms with Crippen LogP contribution in [0.5, 0.6) is 5.75 Å². The lowest BCUT2D eigenvalue weighted by Gasteiger charge is -2.29. The van der Waals surface area contributed by atoms with E-state index >= 15 is 0 Å². The van der Waals surface area contributed by atoms with Gasteiger partial charge in [-0.3, -0.25) is 4.79 Å². The number of aliphatic hydroxyl groups is 2. The molecule has 5 heteroatoms. The number of aromatic hydroxyl groups is 1. The standard InChI is InChI=1S/C19H31NO4/c1-6-19(11-21,12-22)20-16(23)8-7-14-9-13(2)10-15(17(14)24)18(3,4)5/h9-10,21-22,24H,6-8,11-12H2,1-5H3,(H,20,23). The van der Waals surface area contributed by atoms with Crippen molar-refractivity contribution in [2.75, 3.05) is 13.2 Å². The van der Waals surface area contributed by atoms with Crippen LogP contribution in [0.25, 0.3) is 0 Å². The monoisotopic (exact) mass is 337 g/mol. The fourth-order valence-electron chi connectivity index (χ4n) is 2.66. The highest BCUT2D eigenvalue weighted by atomic mass is 16.3. The van der Waals surface area contributed by atoms with Crippen LogP contribution >= 0.6 is 0 Å². The Labute approximate surface area is 144 Å². The second-order valence-electron chi connectivity index (χ2n) is 7.57. The number of phenolic OH excluding ortho intramolecular Hbond substituents is 1. The molecule has 1 rings (SSSR count). The summed E-state index contributed by atoms with van der Waals surface area (Å²) in [5.41, 5.74) is 1.49. The molecule has 24 heavy (non-hydrogen) atoms. The molecule has 0 saturated heterocycles. The lowest BCUT2D eigenvalue weighted by molar-refractivity contribution is -0.124. The number of carbonyl (C=O) groups is 1. The van der Waals surface area contributed by atoms with Gasteiger partial charge in [0.25, 0.3) is 0 Å². The van der Waals surface area contributed by atoms with E-state index in [4.69, 9.17) is 0 Å². The van der Waals surface area contributed by atoms with E-state index in [0.717, 1.165) is 16.7 Å². The smallest absolute Gasteiger partial charge is 0.220 e. The lowest BCUT2D eigenvalue weighted by atomic mass is 9.83. The summed E-state index contributed by atoms with van der Waals surface area (Å²) in [6, 6.07) is 3.86. The molecule has 0 spiro atoms. The van der Waals surface area contributed by atoms with Crippen LogP contribution in [0.3, 0.4) is 0 Å². The van der Waals surface area contributed by atoms with E-state index in [0.29, 0.717) is 12.8 Å². The van der Waals surface area contributed by atoms with Gasteiger partial charge < -0.3 is 20.6 Å². The van der Waals surface area contributed by atoms with Crippen molar-refractivity contribution in [3.8, 4) is 5.75 Å². The van der Waals surface area contributed by atoms with Crippen molar-refractivity contribution >= 4 is 5.91 Å². The van der Waals surface area contributed by atoms with Gasteiger partial charge in [0.2, 0.25) is 5.91 Å². The van der Waals surface area contributed by atoms with Gasteiger partial charge >= 0.3 is 0 Å². The molecule has 1 aromatic rings. The zero-order valence-electron chi connectivity index (χ0n) is 15.4. The molecule has 1 amide bonds. The van der Waals surface area contributed by atoms with Gasteiger partial charge in [-0.1, -0.05) is 45.4 Å². The molecule has 0 unspecified atom stereocenters. The van der Waals surface area contributed by atoms with Crippen molar-refractivity contribution in [1.82, 2.24) is 5.32 Å². The van der Waals surface area contributed by atoms with E-state index in [2.05, 4.69) is 5.32 Å². The summed E-state index contributed by atoms with van der Waals surface area (Å²) in [7, 11) is 0. The van der Waals surface area contributed by atoms with Gasteiger partial charge in [-0.2, -0.15) is 0 Å². The lowest BCUT2D eigenvalue weighted by Crippen LogP contribution is -2.53. The number of benzene rings is 1. The number of phenols is 1. The minimum atomic E-state index is -0.984. The first kappa shape index (κ1) is 20.5. The summed E-state index contributed by atoms with van der Waals surface area (Å²) >= 11 is 0. The highest BCUT2D eigenvalue weighted by Crippen LogP contribution is 2.34. The topological polar surface area (TPSA) is 89.8 Å². The first-order valence-corrected chi connectivity index (χ1v) is 8.44. The molecule has 5 nitrogen and oxygen atoms in total. The minimum Gasteiger partial charge on any atom is -0.507 e. The number of rotatable bonds is 7. The molecule has 0 radical (unpaired) electrons. The highest BCUT2D eigenvalue weighted by Gasteiger charge is 2.28. The summed E-state index contributed by atoms with van der Waals surface area (Å²) in [6.45, 7) is 9.26. The van der Waals surface area contributed by atoms with Crippen molar-refractivity contribution in [2.24, 2.45) is 0 Å². The Bertz CT molecular complexity index is 563. The summed E-state index contributed by atoms with van der Waals surface area (Å²) in [4.78, 5) is 12.2. The average Bonchev–Trinajstić information content (AvgIpc) is 2.52. The first-order valence-electron chi connectivity index (χ1n) is 8.44. The van der Waals surface area contributed by atoms with E-state index in [1.165, 1.54) is 0 Å². The molecule has 1 aromatic carbocycles. The number of hydrogen-bond acceptors (Lipinski definition) is 4. The molecule has 4 N–H and O–H groups in total. The zero-order valence-corrected chi connectivity index (χ0v) is 15.4. The van der Waals surface area contributed by atoms with Crippen LogP contribution in [0, 0.1) is 6.92 Å². The molecule has 0 aliphatic rings. The van der Waals surface area contributed by atoms with Crippen LogP contribution in [0.1, 0.15) is 57.2 Å². The summed E-state index contributed by atoms with van der Waals surface area (Å²) in [5, 5.41) is 32.0. The van der Waals surface area contributed by atoms with Gasteiger partial charge in [-0.15, -0.1) is 0 Å². The number of aryl methyl sites for hydroxylation is 2. The number of amides is 1. The van der Waals surface area contributed by atoms with Crippen LogP contribution < -0.4 is 5.32 Å². The van der Waals surface area contributed by atoms with Gasteiger partial charge in [0.1, 0.15) is 5.75 Å². The predicted octanol–water partition coefficient (Wildman–Crippen LogP) is 2.18. The molecule has 0 heterocycles. The molecule has 0 aliphatic heterocycles. The maximum Gasteiger partial charge on any atom is 0.220 e. The number of carbonyl (C=O) groups excluding carboxylic acids is 1. The third kappa shape index (κ3) is 4.95. The third-order valence-corrected chi connectivity index (χ3v) is 4.45. The van der Waals surface area contributed by atoms with Gasteiger partial charge in [0.15, 0.2) is 0 Å². The number of nitrogens with one attached hydrogen (secondary N) is 1. The number of hydrogen-bond donors (Lipinski definition) is 4. The third-order valence-electron chi connectivity index (χ3n) is 4.45. The van der Waals surface area contributed by atoms with Gasteiger partial charge in [0.05, 0.1) is 18.8 Å². The SMILES string of the molecule is CCC(CO)(CO)NC(=O)CCc1cc(C)cc(C(C)(C)C)c1O. The highest BCUT2D eigenvalue weighted by molar-refractivity contribution is 5.77. The van der Waals surface area contributed by atoms with Crippen molar-refractivity contribution in [1.29, 1.82) is 0 Å². The van der Waals surface area contributed by atoms with Crippen LogP contribution in [0.2, 0.25) is 0 Å². The van der Waals surface area contributed by atoms with Crippen molar-refractivity contribution in [3.05, 3.63) is 28.8 Å². The van der Waals surface area contributed by atoms with Crippen molar-refractivity contribution < 1.29 is 20.1 Å². The van der Waals surface area contributed by atoms with E-state index in [9.17, 15) is 20.1 Å². The minimum absolute atomic E-state index is 0.182. The molecule has 136 valence electrons. The van der Waals surface area contributed by atoms with Crippen molar-refractivity contribution in [3.63, 3.8) is 0 Å². The Morgan fingerprint density at radius 1 is 1.17 bits per heavy atom. The summed E-state index contributed by atoms with van der Waals surface area (Å²) in [5.74, 6) is -0.00913. The molecular weight excluding hydrogens is 306 g/mol. The fourth-order valence-corrected chi connectivity index (χ4v) is 2.66. The van der Waals surface area contributed by atoms with Crippen LogP contribution in [0.15, 0.2) is 12.1 Å². The van der Waals surface area contributed by atoms with Gasteiger partial charge in [-0.05, 0) is 36.3 Å². The van der Waals surface area contributed by atoms with Crippen LogP contribution in [0.4, 0.5) is 0 Å². The molecule has 0 fully saturated rings. The maximum atomic E-state index is 12.2. The molecular formula is C19H31NO4. The Kier molecular flexibility index (Phi) is 6.81. The van der Waals surface area contributed by atoms with Crippen LogP contribution in [-0.2, 0) is 16.6 Å². The summed E-state index contributed by atoms with van der Waals surface area (Å²) < 4.78 is 0. The van der Waals surface area contributed by atoms with E-state index in [1.807, 2.05) is 39.8 Å². The largest absolute Gasteiger partial charge is 0.507 e. The Morgan fingerprint density at radius 2 is 1.75 bits per heavy atom. The molecule has 0 saturated carbocycles. The normalized spacial score (nSPS) is 12.3.